The number of urea groups is 1. The predicted octanol–water partition coefficient (Wildman–Crippen LogP) is 0.318. The summed E-state index contributed by atoms with van der Waals surface area (Å²) in [6, 6.07) is -1.41. The van der Waals surface area contributed by atoms with Gasteiger partial charge < -0.3 is 20.7 Å². The minimum atomic E-state index is -1.04. The van der Waals surface area contributed by atoms with Crippen molar-refractivity contribution in [3.63, 3.8) is 0 Å². The van der Waals surface area contributed by atoms with Crippen molar-refractivity contribution >= 4 is 12.0 Å². The highest BCUT2D eigenvalue weighted by atomic mass is 16.4. The smallest absolute Gasteiger partial charge is 0.326 e. The van der Waals surface area contributed by atoms with Gasteiger partial charge in [0.05, 0.1) is 18.6 Å². The first kappa shape index (κ1) is 13.0. The molecule has 94 valence electrons. The summed E-state index contributed by atoms with van der Waals surface area (Å²) in [5, 5.41) is 13.8. The predicted molar refractivity (Wildman–Crippen MR) is 60.2 cm³/mol. The minimum absolute atomic E-state index is 0.176. The number of H-pyrrole nitrogens is 1. The Hall–Kier alpha value is -2.05. The van der Waals surface area contributed by atoms with Crippen LogP contribution in [0.15, 0.2) is 12.5 Å². The fraction of sp³-hybridized carbons (Fsp3) is 0.500. The number of amides is 2. The first-order valence-corrected chi connectivity index (χ1v) is 5.25. The first-order chi connectivity index (χ1) is 8.00. The molecule has 2 amide bonds. The zero-order valence-corrected chi connectivity index (χ0v) is 9.73. The summed E-state index contributed by atoms with van der Waals surface area (Å²) in [7, 11) is 0. The molecule has 0 bridgehead atoms. The van der Waals surface area contributed by atoms with Gasteiger partial charge in [0.2, 0.25) is 0 Å². The Morgan fingerprint density at radius 3 is 2.71 bits per heavy atom. The molecule has 1 atom stereocenters. The molecule has 0 saturated carbocycles. The molecule has 7 heteroatoms. The molecule has 0 aliphatic carbocycles. The summed E-state index contributed by atoms with van der Waals surface area (Å²) < 4.78 is 0. The number of rotatable bonds is 5. The van der Waals surface area contributed by atoms with Gasteiger partial charge in [0, 0.05) is 6.20 Å². The fourth-order valence-corrected chi connectivity index (χ4v) is 1.26. The summed E-state index contributed by atoms with van der Waals surface area (Å²) in [6.45, 7) is 3.73. The molecule has 0 fully saturated rings. The topological polar surface area (TPSA) is 107 Å². The second-order valence-electron chi connectivity index (χ2n) is 3.96. The van der Waals surface area contributed by atoms with Crippen molar-refractivity contribution < 1.29 is 14.7 Å². The lowest BCUT2D eigenvalue weighted by molar-refractivity contribution is -0.140. The maximum Gasteiger partial charge on any atom is 0.326 e. The summed E-state index contributed by atoms with van der Waals surface area (Å²) in [4.78, 5) is 28.9. The molecule has 1 heterocycles. The Morgan fingerprint density at radius 1 is 1.53 bits per heavy atom. The van der Waals surface area contributed by atoms with E-state index in [9.17, 15) is 9.59 Å². The molecule has 1 aromatic heterocycles. The van der Waals surface area contributed by atoms with Crippen LogP contribution in [-0.4, -0.2) is 33.1 Å². The van der Waals surface area contributed by atoms with E-state index < -0.39 is 18.0 Å². The Bertz CT molecular complexity index is 375. The van der Waals surface area contributed by atoms with Gasteiger partial charge in [0.15, 0.2) is 0 Å². The Kier molecular flexibility index (Phi) is 4.50. The van der Waals surface area contributed by atoms with Crippen LogP contribution in [0.3, 0.4) is 0 Å². The van der Waals surface area contributed by atoms with E-state index in [-0.39, 0.29) is 12.5 Å². The Balaban J connectivity index is 2.40. The number of hydrogen-bond acceptors (Lipinski definition) is 3. The number of imidazole rings is 1. The van der Waals surface area contributed by atoms with E-state index in [1.807, 2.05) is 0 Å². The van der Waals surface area contributed by atoms with E-state index in [4.69, 9.17) is 5.11 Å². The van der Waals surface area contributed by atoms with Crippen LogP contribution in [0.2, 0.25) is 0 Å². The van der Waals surface area contributed by atoms with Crippen LogP contribution in [0.25, 0.3) is 0 Å². The molecule has 17 heavy (non-hydrogen) atoms. The van der Waals surface area contributed by atoms with Crippen molar-refractivity contribution in [3.05, 3.63) is 18.2 Å². The lowest BCUT2D eigenvalue weighted by atomic mass is 10.1. The van der Waals surface area contributed by atoms with Crippen LogP contribution < -0.4 is 10.6 Å². The summed E-state index contributed by atoms with van der Waals surface area (Å²) in [6.07, 6.45) is 3.08. The third-order valence-electron chi connectivity index (χ3n) is 2.21. The number of aliphatic carboxylic acids is 1. The second kappa shape index (κ2) is 5.88. The molecular formula is C10H16N4O3. The molecule has 0 saturated heterocycles. The van der Waals surface area contributed by atoms with Crippen LogP contribution >= 0.6 is 0 Å². The van der Waals surface area contributed by atoms with Gasteiger partial charge in [-0.25, -0.2) is 14.6 Å². The SMILES string of the molecule is CC(C)[C@@H](NC(=O)NCc1cnc[nH]1)C(=O)O. The molecule has 7 nitrogen and oxygen atoms in total. The van der Waals surface area contributed by atoms with Gasteiger partial charge in [-0.15, -0.1) is 0 Å². The van der Waals surface area contributed by atoms with Gasteiger partial charge in [-0.05, 0) is 5.92 Å². The molecular weight excluding hydrogens is 224 g/mol. The maximum atomic E-state index is 11.4. The van der Waals surface area contributed by atoms with E-state index in [1.54, 1.807) is 20.0 Å². The molecule has 0 aromatic carbocycles. The number of aromatic amines is 1. The highest BCUT2D eigenvalue weighted by Gasteiger charge is 2.23. The summed E-state index contributed by atoms with van der Waals surface area (Å²) >= 11 is 0. The van der Waals surface area contributed by atoms with E-state index in [2.05, 4.69) is 20.6 Å². The number of carboxylic acid groups (broad SMARTS) is 1. The normalized spacial score (nSPS) is 12.2. The fourth-order valence-electron chi connectivity index (χ4n) is 1.26. The molecule has 0 aliphatic rings. The highest BCUT2D eigenvalue weighted by molar-refractivity contribution is 5.82. The second-order valence-corrected chi connectivity index (χ2v) is 3.96. The third-order valence-corrected chi connectivity index (χ3v) is 2.21. The number of carbonyl (C=O) groups is 2. The number of nitrogens with zero attached hydrogens (tertiary/aromatic N) is 1. The van der Waals surface area contributed by atoms with Crippen molar-refractivity contribution in [2.24, 2.45) is 5.92 Å². The van der Waals surface area contributed by atoms with E-state index in [0.717, 1.165) is 5.69 Å². The van der Waals surface area contributed by atoms with Crippen LogP contribution in [0, 0.1) is 5.92 Å². The van der Waals surface area contributed by atoms with E-state index >= 15 is 0 Å². The third kappa shape index (κ3) is 4.13. The van der Waals surface area contributed by atoms with Gasteiger partial charge in [0.25, 0.3) is 0 Å². The summed E-state index contributed by atoms with van der Waals surface area (Å²) in [5.41, 5.74) is 0.747. The number of carbonyl (C=O) groups excluding carboxylic acids is 1. The van der Waals surface area contributed by atoms with Crippen LogP contribution in [-0.2, 0) is 11.3 Å². The van der Waals surface area contributed by atoms with Crippen LogP contribution in [0.1, 0.15) is 19.5 Å². The van der Waals surface area contributed by atoms with Gasteiger partial charge in [0.1, 0.15) is 6.04 Å². The Labute approximate surface area is 98.6 Å². The monoisotopic (exact) mass is 240 g/mol. The largest absolute Gasteiger partial charge is 0.480 e. The molecule has 0 unspecified atom stereocenters. The lowest BCUT2D eigenvalue weighted by Gasteiger charge is -2.17. The zero-order chi connectivity index (χ0) is 12.8. The Morgan fingerprint density at radius 2 is 2.24 bits per heavy atom. The lowest BCUT2D eigenvalue weighted by Crippen LogP contribution is -2.48. The standard InChI is InChI=1S/C10H16N4O3/c1-6(2)8(9(15)16)14-10(17)12-4-7-3-11-5-13-7/h3,5-6,8H,4H2,1-2H3,(H,11,13)(H,15,16)(H2,12,14,17)/t8-/m1/s1. The first-order valence-electron chi connectivity index (χ1n) is 5.25. The number of hydrogen-bond donors (Lipinski definition) is 4. The number of carboxylic acids is 1. The zero-order valence-electron chi connectivity index (χ0n) is 9.73. The number of nitrogens with one attached hydrogen (secondary N) is 3. The van der Waals surface area contributed by atoms with Crippen molar-refractivity contribution in [2.75, 3.05) is 0 Å². The highest BCUT2D eigenvalue weighted by Crippen LogP contribution is 2.01. The number of aromatic nitrogens is 2. The molecule has 4 N–H and O–H groups in total. The molecule has 1 aromatic rings. The average Bonchev–Trinajstić information content (AvgIpc) is 2.74. The van der Waals surface area contributed by atoms with Crippen LogP contribution in [0.4, 0.5) is 4.79 Å². The van der Waals surface area contributed by atoms with E-state index in [0.29, 0.717) is 0 Å². The van der Waals surface area contributed by atoms with Gasteiger partial charge >= 0.3 is 12.0 Å². The van der Waals surface area contributed by atoms with Crippen molar-refractivity contribution in [1.29, 1.82) is 0 Å². The van der Waals surface area contributed by atoms with Crippen molar-refractivity contribution in [2.45, 2.75) is 26.4 Å². The van der Waals surface area contributed by atoms with Crippen molar-refractivity contribution in [1.82, 2.24) is 20.6 Å². The van der Waals surface area contributed by atoms with E-state index in [1.165, 1.54) is 6.33 Å². The quantitative estimate of drug-likeness (QED) is 0.594. The summed E-state index contributed by atoms with van der Waals surface area (Å²) in [5.74, 6) is -1.22. The van der Waals surface area contributed by atoms with Crippen LogP contribution in [0.5, 0.6) is 0 Å². The molecule has 0 aliphatic heterocycles. The van der Waals surface area contributed by atoms with Gasteiger partial charge in [-0.1, -0.05) is 13.8 Å². The van der Waals surface area contributed by atoms with Crippen molar-refractivity contribution in [3.8, 4) is 0 Å². The minimum Gasteiger partial charge on any atom is -0.480 e. The molecule has 1 rings (SSSR count). The van der Waals surface area contributed by atoms with Gasteiger partial charge in [-0.2, -0.15) is 0 Å². The molecule has 0 radical (unpaired) electrons. The maximum absolute atomic E-state index is 11.4. The molecule has 0 spiro atoms. The average molecular weight is 240 g/mol. The van der Waals surface area contributed by atoms with Gasteiger partial charge in [-0.3, -0.25) is 0 Å².